The number of nitrogens with two attached hydrogens (primary N) is 2. The van der Waals surface area contributed by atoms with E-state index < -0.39 is 32.3 Å². The molecule has 252 valence electrons. The van der Waals surface area contributed by atoms with Gasteiger partial charge < -0.3 is 51.8 Å². The molecule has 0 aromatic rings. The Hall–Kier alpha value is -2.29. The molecule has 0 aliphatic heterocycles. The van der Waals surface area contributed by atoms with E-state index in [1.165, 1.54) is 0 Å². The van der Waals surface area contributed by atoms with Gasteiger partial charge in [0.15, 0.2) is 0 Å². The second-order valence-corrected chi connectivity index (χ2v) is 6.25. The number of nitrogens with zero attached hydrogens (tertiary/aromatic N) is 4. The summed E-state index contributed by atoms with van der Waals surface area (Å²) < 4.78 is 9.28. The van der Waals surface area contributed by atoms with E-state index in [1.807, 2.05) is 6.92 Å². The fourth-order valence-corrected chi connectivity index (χ4v) is 1.44. The summed E-state index contributed by atoms with van der Waals surface area (Å²) in [6, 6.07) is 0. The predicted molar refractivity (Wildman–Crippen MR) is 125 cm³/mol. The predicted octanol–water partition coefficient (Wildman–Crippen LogP) is -1.96. The van der Waals surface area contributed by atoms with Crippen LogP contribution in [0.15, 0.2) is 0 Å². The van der Waals surface area contributed by atoms with Crippen molar-refractivity contribution < 1.29 is 145 Å². The third-order valence-electron chi connectivity index (χ3n) is 2.72. The number of hydrogen-bond donors (Lipinski definition) is 8. The first-order valence-electron chi connectivity index (χ1n) is 10.3. The van der Waals surface area contributed by atoms with Crippen LogP contribution in [0.4, 0.5) is 0 Å². The second-order valence-electron chi connectivity index (χ2n) is 6.25. The van der Waals surface area contributed by atoms with E-state index in [9.17, 15) is 9.59 Å². The molecule has 2 atom stereocenters. The summed E-state index contributed by atoms with van der Waals surface area (Å²) in [4.78, 5) is 62.2. The average molecular weight is 798 g/mol. The molecule has 28 heteroatoms. The van der Waals surface area contributed by atoms with Gasteiger partial charge >= 0.3 is 11.9 Å². The SMILES string of the molecule is CC(CCC(=O)O)COCO.CC(COCO)CC(=O)O.NCO[N+](=O)[O-].NCO[N+](=O)[O-].O=[N+]([O-])O.O=[N+]([O-])O.[Y].[Y]. The Kier molecular flexibility index (Phi) is 68.9. The van der Waals surface area contributed by atoms with Gasteiger partial charge in [-0.1, -0.05) is 13.8 Å². The Morgan fingerprint density at radius 2 is 1.02 bits per heavy atom. The van der Waals surface area contributed by atoms with Crippen molar-refractivity contribution in [2.45, 2.75) is 33.1 Å². The van der Waals surface area contributed by atoms with Gasteiger partial charge in [-0.05, 0) is 18.3 Å². The first-order chi connectivity index (χ1) is 18.8. The van der Waals surface area contributed by atoms with Gasteiger partial charge in [0.25, 0.3) is 20.3 Å². The zero-order chi connectivity index (χ0) is 33.8. The number of carboxylic acids is 2. The maximum absolute atomic E-state index is 10.1. The minimum absolute atomic E-state index is 0. The first kappa shape index (κ1) is 60.0. The minimum atomic E-state index is -1.50. The summed E-state index contributed by atoms with van der Waals surface area (Å²) in [6.07, 6.45) is 0.839. The molecule has 0 bridgehead atoms. The molecule has 0 aliphatic carbocycles. The summed E-state index contributed by atoms with van der Waals surface area (Å²) in [7, 11) is 0. The van der Waals surface area contributed by atoms with E-state index in [1.54, 1.807) is 6.92 Å². The summed E-state index contributed by atoms with van der Waals surface area (Å²) in [5.74, 6) is -1.47. The second kappa shape index (κ2) is 49.4. The van der Waals surface area contributed by atoms with E-state index in [4.69, 9.17) is 76.0 Å². The molecule has 0 fully saturated rings. The normalized spacial score (nSPS) is 9.53. The van der Waals surface area contributed by atoms with Crippen molar-refractivity contribution in [2.75, 3.05) is 40.3 Å². The van der Waals surface area contributed by atoms with Gasteiger partial charge in [-0.15, -0.1) is 40.5 Å². The molecule has 0 aromatic heterocycles. The third-order valence-corrected chi connectivity index (χ3v) is 2.72. The van der Waals surface area contributed by atoms with Crippen molar-refractivity contribution in [1.29, 1.82) is 0 Å². The van der Waals surface area contributed by atoms with Gasteiger partial charge in [-0.25, -0.2) is 0 Å². The van der Waals surface area contributed by atoms with Crippen LogP contribution in [0.3, 0.4) is 0 Å². The van der Waals surface area contributed by atoms with Crippen molar-refractivity contribution in [2.24, 2.45) is 23.3 Å². The molecule has 0 aliphatic rings. The number of aliphatic hydroxyl groups excluding tert-OH is 2. The summed E-state index contributed by atoms with van der Waals surface area (Å²) in [5, 5.41) is 76.6. The van der Waals surface area contributed by atoms with Gasteiger partial charge in [0, 0.05) is 71.8 Å². The molecule has 10 N–H and O–H groups in total. The van der Waals surface area contributed by atoms with Crippen LogP contribution in [0.1, 0.15) is 33.1 Å². The summed E-state index contributed by atoms with van der Waals surface area (Å²) >= 11 is 0. The van der Waals surface area contributed by atoms with E-state index in [0.717, 1.165) is 0 Å². The summed E-state index contributed by atoms with van der Waals surface area (Å²) in [5.41, 5.74) is 9.13. The monoisotopic (exact) mass is 798 g/mol. The molecule has 0 amide bonds. The van der Waals surface area contributed by atoms with Crippen LogP contribution in [-0.2, 0) is 94.2 Å². The Bertz CT molecular complexity index is 647. The standard InChI is InChI=1S/C7H14O4.C6H12O4.2CH4N2O3.2HNO3.2Y/c1-6(4-11-5-8)2-3-7(9)10;1-5(2-6(8)9)3-10-4-7;2*2-1-6-3(4)5;2*2-1(3)4;;/h6,8H,2-5H2,1H3,(H,9,10);5,7H,2-4H2,1H3,(H,8,9);2*1-2H2;2*(H,2,3,4);;. The molecule has 26 nitrogen and oxygen atoms in total. The van der Waals surface area contributed by atoms with E-state index in [0.29, 0.717) is 19.6 Å². The molecule has 2 radical (unpaired) electrons. The van der Waals surface area contributed by atoms with Crippen LogP contribution in [0.25, 0.3) is 0 Å². The van der Waals surface area contributed by atoms with Crippen LogP contribution in [0.5, 0.6) is 0 Å². The molecule has 0 saturated heterocycles. The third kappa shape index (κ3) is 132. The Morgan fingerprint density at radius 3 is 1.21 bits per heavy atom. The number of carboxylic acid groups (broad SMARTS) is 2. The van der Waals surface area contributed by atoms with Crippen molar-refractivity contribution in [3.8, 4) is 0 Å². The quantitative estimate of drug-likeness (QED) is 0.0506. The largest absolute Gasteiger partial charge is 0.481 e. The van der Waals surface area contributed by atoms with Crippen LogP contribution >= 0.6 is 0 Å². The number of ether oxygens (including phenoxy) is 2. The number of aliphatic hydroxyl groups is 2. The van der Waals surface area contributed by atoms with Crippen LogP contribution in [0.2, 0.25) is 0 Å². The van der Waals surface area contributed by atoms with E-state index >= 15 is 0 Å². The maximum Gasteiger partial charge on any atom is 0.303 e. The van der Waals surface area contributed by atoms with Crippen molar-refractivity contribution >= 4 is 11.9 Å². The van der Waals surface area contributed by atoms with Crippen LogP contribution in [-0.4, -0.2) is 103 Å². The molecule has 0 spiro atoms. The van der Waals surface area contributed by atoms with Crippen molar-refractivity contribution in [3.05, 3.63) is 40.5 Å². The van der Waals surface area contributed by atoms with Crippen LogP contribution < -0.4 is 11.5 Å². The Morgan fingerprint density at radius 1 is 0.721 bits per heavy atom. The molecule has 0 heterocycles. The van der Waals surface area contributed by atoms with Gasteiger partial charge in [-0.2, -0.15) is 0 Å². The van der Waals surface area contributed by atoms with Gasteiger partial charge in [0.1, 0.15) is 27.0 Å². The van der Waals surface area contributed by atoms with E-state index in [2.05, 4.69) is 25.9 Å². The fourth-order valence-electron chi connectivity index (χ4n) is 1.44. The molecule has 0 rings (SSSR count). The Balaban J connectivity index is -0.0000000589. The van der Waals surface area contributed by atoms with Gasteiger partial charge in [-0.3, -0.25) is 19.3 Å². The fraction of sp³-hybridized carbons (Fsp3) is 0.867. The van der Waals surface area contributed by atoms with Crippen molar-refractivity contribution in [3.63, 3.8) is 0 Å². The topological polar surface area (TPSA) is 417 Å². The summed E-state index contributed by atoms with van der Waals surface area (Å²) in [6.45, 7) is 2.98. The number of hydrogen-bond acceptors (Lipinski definition) is 18. The van der Waals surface area contributed by atoms with Crippen LogP contribution in [0, 0.1) is 52.3 Å². The minimum Gasteiger partial charge on any atom is -0.481 e. The molecular formula is C15H36N6O20Y2. The number of carbonyl (C=O) groups is 2. The van der Waals surface area contributed by atoms with Crippen molar-refractivity contribution in [1.82, 2.24) is 0 Å². The van der Waals surface area contributed by atoms with E-state index in [-0.39, 0.29) is 117 Å². The van der Waals surface area contributed by atoms with Gasteiger partial charge in [0.2, 0.25) is 0 Å². The molecule has 0 aromatic carbocycles. The molecule has 2 unspecified atom stereocenters. The number of rotatable bonds is 15. The zero-order valence-electron chi connectivity index (χ0n) is 23.0. The molecule has 0 saturated carbocycles. The smallest absolute Gasteiger partial charge is 0.303 e. The van der Waals surface area contributed by atoms with Gasteiger partial charge in [0.05, 0.1) is 19.6 Å². The molecular weight excluding hydrogens is 762 g/mol. The maximum atomic E-state index is 10.1. The zero-order valence-corrected chi connectivity index (χ0v) is 28.7. The number of aliphatic carboxylic acids is 2. The molecule has 43 heavy (non-hydrogen) atoms. The average Bonchev–Trinajstić information content (AvgIpc) is 2.80. The first-order valence-corrected chi connectivity index (χ1v) is 10.3. The Labute approximate surface area is 292 Å².